The normalized spacial score (nSPS) is 23.1. The molecule has 3 rings (SSSR count). The molecule has 0 saturated carbocycles. The van der Waals surface area contributed by atoms with Crippen molar-refractivity contribution in [2.75, 3.05) is 45.9 Å². The molecule has 2 aliphatic heterocycles. The van der Waals surface area contributed by atoms with E-state index in [0.29, 0.717) is 32.8 Å². The maximum atomic E-state index is 12.5. The fourth-order valence-corrected chi connectivity index (χ4v) is 4.51. The zero-order chi connectivity index (χ0) is 20.9. The number of nitrogens with zero attached hydrogens (tertiary/aromatic N) is 2. The summed E-state index contributed by atoms with van der Waals surface area (Å²) in [5, 5.41) is 2.38. The summed E-state index contributed by atoms with van der Waals surface area (Å²) in [5.74, 6) is 0.0902. The molecule has 2 saturated heterocycles. The highest BCUT2D eigenvalue weighted by Crippen LogP contribution is 2.45. The topological polar surface area (TPSA) is 105 Å². The van der Waals surface area contributed by atoms with Crippen molar-refractivity contribution in [3.8, 4) is 0 Å². The van der Waals surface area contributed by atoms with Gasteiger partial charge in [0.25, 0.3) is 0 Å². The lowest BCUT2D eigenvalue weighted by molar-refractivity contribution is -0.135. The van der Waals surface area contributed by atoms with Crippen LogP contribution in [0, 0.1) is 11.3 Å². The lowest BCUT2D eigenvalue weighted by Crippen LogP contribution is -2.44. The Kier molecular flexibility index (Phi) is 6.74. The molecule has 1 aromatic rings. The zero-order valence-corrected chi connectivity index (χ0v) is 16.9. The van der Waals surface area contributed by atoms with E-state index in [0.717, 1.165) is 12.8 Å². The molecule has 3 N–H and O–H groups in total. The van der Waals surface area contributed by atoms with Gasteiger partial charge in [-0.15, -0.1) is 0 Å². The summed E-state index contributed by atoms with van der Waals surface area (Å²) in [7, 11) is 0. The lowest BCUT2D eigenvalue weighted by Gasteiger charge is -2.29. The minimum atomic E-state index is -0.704. The van der Waals surface area contributed by atoms with E-state index < -0.39 is 6.03 Å². The Labute approximate surface area is 171 Å². The predicted octanol–water partition coefficient (Wildman–Crippen LogP) is 0.611. The maximum Gasteiger partial charge on any atom is 0.312 e. The number of carbonyl (C=O) groups excluding carboxylic acids is 3. The second-order valence-corrected chi connectivity index (χ2v) is 7.95. The summed E-state index contributed by atoms with van der Waals surface area (Å²) in [6, 6.07) is 9.55. The highest BCUT2D eigenvalue weighted by Gasteiger charge is 2.53. The quantitative estimate of drug-likeness (QED) is 0.665. The second-order valence-electron chi connectivity index (χ2n) is 7.95. The van der Waals surface area contributed by atoms with Crippen LogP contribution >= 0.6 is 0 Å². The summed E-state index contributed by atoms with van der Waals surface area (Å²) in [6.45, 7) is 4.83. The van der Waals surface area contributed by atoms with Gasteiger partial charge in [-0.3, -0.25) is 9.59 Å². The molecule has 0 aromatic heterocycles. The Morgan fingerprint density at radius 1 is 1.14 bits per heavy atom. The van der Waals surface area contributed by atoms with Crippen molar-refractivity contribution in [2.24, 2.45) is 17.1 Å². The monoisotopic (exact) mass is 402 g/mol. The van der Waals surface area contributed by atoms with E-state index >= 15 is 0 Å². The molecular weight excluding hydrogens is 372 g/mol. The number of likely N-dealkylation sites (tertiary alicyclic amines) is 2. The third-order valence-electron chi connectivity index (χ3n) is 6.06. The number of hydrogen-bond acceptors (Lipinski definition) is 4. The minimum Gasteiger partial charge on any atom is -0.372 e. The predicted molar refractivity (Wildman–Crippen MR) is 108 cm³/mol. The van der Waals surface area contributed by atoms with Crippen molar-refractivity contribution < 1.29 is 19.1 Å². The van der Waals surface area contributed by atoms with Crippen molar-refractivity contribution in [2.45, 2.75) is 19.8 Å². The van der Waals surface area contributed by atoms with Gasteiger partial charge in [-0.05, 0) is 25.3 Å². The van der Waals surface area contributed by atoms with Crippen LogP contribution in [0.2, 0.25) is 0 Å². The van der Waals surface area contributed by atoms with Crippen LogP contribution in [0.1, 0.15) is 18.9 Å². The van der Waals surface area contributed by atoms with Crippen molar-refractivity contribution in [1.82, 2.24) is 15.1 Å². The van der Waals surface area contributed by atoms with Gasteiger partial charge in [-0.2, -0.15) is 0 Å². The Balaban J connectivity index is 1.69. The molecule has 2 aliphatic rings. The number of ether oxygens (including phenoxy) is 1. The number of urea groups is 1. The molecule has 1 aromatic carbocycles. The van der Waals surface area contributed by atoms with Gasteiger partial charge < -0.3 is 25.6 Å². The minimum absolute atomic E-state index is 0.00797. The first-order valence-electron chi connectivity index (χ1n) is 10.1. The molecule has 2 fully saturated rings. The first kappa shape index (κ1) is 21.1. The Morgan fingerprint density at radius 2 is 1.79 bits per heavy atom. The number of benzene rings is 1. The number of rotatable bonds is 8. The van der Waals surface area contributed by atoms with E-state index in [1.807, 2.05) is 30.0 Å². The van der Waals surface area contributed by atoms with Gasteiger partial charge in [0.05, 0.1) is 6.54 Å². The fourth-order valence-electron chi connectivity index (χ4n) is 4.51. The van der Waals surface area contributed by atoms with Gasteiger partial charge in [0.15, 0.2) is 0 Å². The van der Waals surface area contributed by atoms with Crippen LogP contribution in [-0.2, 0) is 20.7 Å². The van der Waals surface area contributed by atoms with E-state index in [1.165, 1.54) is 5.56 Å². The largest absolute Gasteiger partial charge is 0.372 e. The zero-order valence-electron chi connectivity index (χ0n) is 16.9. The van der Waals surface area contributed by atoms with Gasteiger partial charge in [0.1, 0.15) is 6.61 Å². The number of carbonyl (C=O) groups is 3. The highest BCUT2D eigenvalue weighted by atomic mass is 16.5. The van der Waals surface area contributed by atoms with Crippen molar-refractivity contribution in [1.29, 1.82) is 0 Å². The standard InChI is InChI=1S/C21H30N4O4/c1-2-29-13-19(27)25-12-17-11-24(18(26)10-23-20(22)28)14-21(17,15-25)9-8-16-6-4-3-5-7-16/h3-7,17H,2,8-15H2,1H3,(H3,22,23,28)/t17-,21+/m0/s1. The van der Waals surface area contributed by atoms with Gasteiger partial charge in [-0.1, -0.05) is 30.3 Å². The number of nitrogens with one attached hydrogen (secondary N) is 1. The van der Waals surface area contributed by atoms with E-state index in [9.17, 15) is 14.4 Å². The summed E-state index contributed by atoms with van der Waals surface area (Å²) in [4.78, 5) is 39.6. The van der Waals surface area contributed by atoms with E-state index in [1.54, 1.807) is 4.90 Å². The molecule has 8 nitrogen and oxygen atoms in total. The number of aryl methyl sites for hydroxylation is 1. The Hall–Kier alpha value is -2.61. The van der Waals surface area contributed by atoms with E-state index in [4.69, 9.17) is 10.5 Å². The first-order valence-corrected chi connectivity index (χ1v) is 10.1. The van der Waals surface area contributed by atoms with E-state index in [2.05, 4.69) is 17.4 Å². The van der Waals surface area contributed by atoms with Crippen LogP contribution in [-0.4, -0.2) is 73.6 Å². The third-order valence-corrected chi connectivity index (χ3v) is 6.06. The molecule has 0 spiro atoms. The summed E-state index contributed by atoms with van der Waals surface area (Å²) < 4.78 is 5.30. The molecule has 158 valence electrons. The van der Waals surface area contributed by atoms with Crippen molar-refractivity contribution in [3.63, 3.8) is 0 Å². The molecule has 0 bridgehead atoms. The van der Waals surface area contributed by atoms with Gasteiger partial charge >= 0.3 is 6.03 Å². The average molecular weight is 402 g/mol. The number of primary amides is 1. The van der Waals surface area contributed by atoms with Crippen LogP contribution in [0.4, 0.5) is 4.79 Å². The van der Waals surface area contributed by atoms with Crippen molar-refractivity contribution in [3.05, 3.63) is 35.9 Å². The Bertz CT molecular complexity index is 741. The molecule has 2 atom stereocenters. The summed E-state index contributed by atoms with van der Waals surface area (Å²) in [6.07, 6.45) is 1.79. The summed E-state index contributed by atoms with van der Waals surface area (Å²) in [5.41, 5.74) is 6.20. The molecule has 0 radical (unpaired) electrons. The molecular formula is C21H30N4O4. The smallest absolute Gasteiger partial charge is 0.312 e. The summed E-state index contributed by atoms with van der Waals surface area (Å²) >= 11 is 0. The molecule has 0 unspecified atom stereocenters. The maximum absolute atomic E-state index is 12.5. The molecule has 4 amide bonds. The van der Waals surface area contributed by atoms with Gasteiger partial charge in [0, 0.05) is 44.1 Å². The van der Waals surface area contributed by atoms with Crippen LogP contribution in [0.3, 0.4) is 0 Å². The number of amides is 4. The van der Waals surface area contributed by atoms with Crippen LogP contribution < -0.4 is 11.1 Å². The molecule has 2 heterocycles. The molecule has 0 aliphatic carbocycles. The van der Waals surface area contributed by atoms with Gasteiger partial charge in [0.2, 0.25) is 11.8 Å². The van der Waals surface area contributed by atoms with Crippen molar-refractivity contribution >= 4 is 17.8 Å². The van der Waals surface area contributed by atoms with Crippen LogP contribution in [0.25, 0.3) is 0 Å². The fraction of sp³-hybridized carbons (Fsp3) is 0.571. The van der Waals surface area contributed by atoms with Gasteiger partial charge in [-0.25, -0.2) is 4.79 Å². The van der Waals surface area contributed by atoms with Crippen LogP contribution in [0.15, 0.2) is 30.3 Å². The molecule has 8 heteroatoms. The van der Waals surface area contributed by atoms with Crippen LogP contribution in [0.5, 0.6) is 0 Å². The SMILES string of the molecule is CCOCC(=O)N1C[C@@H]2CN(C(=O)CNC(N)=O)C[C@]2(CCc2ccccc2)C1. The Morgan fingerprint density at radius 3 is 2.41 bits per heavy atom. The average Bonchev–Trinajstić information content (AvgIpc) is 3.24. The van der Waals surface area contributed by atoms with E-state index in [-0.39, 0.29) is 36.3 Å². The second kappa shape index (κ2) is 9.26. The third kappa shape index (κ3) is 5.06. The molecule has 29 heavy (non-hydrogen) atoms. The number of fused-ring (bicyclic) bond motifs is 1. The number of nitrogens with two attached hydrogens (primary N) is 1. The first-order chi connectivity index (χ1) is 13.9. The highest BCUT2D eigenvalue weighted by molar-refractivity contribution is 5.83. The lowest BCUT2D eigenvalue weighted by atomic mass is 9.76. The number of hydrogen-bond donors (Lipinski definition) is 2.